The molecule has 1 aliphatic rings. The van der Waals surface area contributed by atoms with Gasteiger partial charge in [0.1, 0.15) is 6.04 Å². The largest absolute Gasteiger partial charge is 0.481 e. The van der Waals surface area contributed by atoms with E-state index < -0.39 is 47.3 Å². The maximum atomic E-state index is 12.7. The minimum atomic E-state index is -1.20. The Morgan fingerprint density at radius 1 is 1.20 bits per heavy atom. The summed E-state index contributed by atoms with van der Waals surface area (Å²) in [5.74, 6) is -1.93. The van der Waals surface area contributed by atoms with Gasteiger partial charge in [-0.15, -0.1) is 0 Å². The van der Waals surface area contributed by atoms with Crippen molar-refractivity contribution in [2.45, 2.75) is 78.1 Å². The van der Waals surface area contributed by atoms with E-state index in [-0.39, 0.29) is 11.9 Å². The number of aliphatic hydroxyl groups excluding tert-OH is 1. The van der Waals surface area contributed by atoms with Crippen LogP contribution < -0.4 is 16.4 Å². The molecule has 0 aromatic heterocycles. The number of carbonyl (C=O) groups excluding carboxylic acids is 2. The van der Waals surface area contributed by atoms with Crippen LogP contribution in [-0.4, -0.2) is 52.2 Å². The quantitative estimate of drug-likeness (QED) is 0.413. The molecule has 0 spiro atoms. The van der Waals surface area contributed by atoms with E-state index >= 15 is 0 Å². The highest BCUT2D eigenvalue weighted by atomic mass is 16.4. The molecule has 6 N–H and O–H groups in total. The van der Waals surface area contributed by atoms with E-state index in [1.165, 1.54) is 0 Å². The molecule has 144 valence electrons. The first-order valence-electron chi connectivity index (χ1n) is 9.00. The molecule has 2 atom stereocenters. The van der Waals surface area contributed by atoms with E-state index in [9.17, 15) is 19.5 Å². The Kier molecular flexibility index (Phi) is 6.05. The van der Waals surface area contributed by atoms with Crippen molar-refractivity contribution in [1.29, 1.82) is 1.43 Å². The Hall–Kier alpha value is -1.67. The molecule has 8 nitrogen and oxygen atoms in total. The lowest BCUT2D eigenvalue weighted by atomic mass is 9.49. The van der Waals surface area contributed by atoms with Crippen LogP contribution in [0.25, 0.3) is 1.43 Å². The minimum Gasteiger partial charge on any atom is -0.481 e. The summed E-state index contributed by atoms with van der Waals surface area (Å²) in [6.45, 7) is 9.39. The smallest absolute Gasteiger partial charge is 0.305 e. The van der Waals surface area contributed by atoms with Gasteiger partial charge in [0.25, 0.3) is 1.43 Å². The fourth-order valence-corrected chi connectivity index (χ4v) is 3.86. The first-order chi connectivity index (χ1) is 11.9. The number of aliphatic carboxylic acids is 1. The third-order valence-corrected chi connectivity index (χ3v) is 5.12. The number of carboxylic acid groups (broad SMARTS) is 1. The molecule has 0 bridgehead atoms. The Labute approximate surface area is 150 Å². The van der Waals surface area contributed by atoms with Crippen molar-refractivity contribution < 1.29 is 24.6 Å². The third-order valence-electron chi connectivity index (χ3n) is 5.12. The Morgan fingerprint density at radius 3 is 2.24 bits per heavy atom. The summed E-state index contributed by atoms with van der Waals surface area (Å²) in [6, 6.07) is -2.24. The van der Waals surface area contributed by atoms with Crippen LogP contribution in [0.4, 0.5) is 0 Å². The molecule has 8 heteroatoms. The van der Waals surface area contributed by atoms with Crippen molar-refractivity contribution in [2.24, 2.45) is 16.6 Å². The zero-order valence-corrected chi connectivity index (χ0v) is 15.6. The van der Waals surface area contributed by atoms with Gasteiger partial charge < -0.3 is 26.6 Å². The highest BCUT2D eigenvalue weighted by Crippen LogP contribution is 2.53. The lowest BCUT2D eigenvalue weighted by molar-refractivity contribution is -0.186. The Bertz CT molecular complexity index is 537. The fourth-order valence-electron chi connectivity index (χ4n) is 3.86. The van der Waals surface area contributed by atoms with Gasteiger partial charge in [0, 0.05) is 16.9 Å². The van der Waals surface area contributed by atoms with Crippen molar-refractivity contribution in [3.63, 3.8) is 0 Å². The first-order valence-corrected chi connectivity index (χ1v) is 8.59. The highest BCUT2D eigenvalue weighted by Gasteiger charge is 2.61. The van der Waals surface area contributed by atoms with Gasteiger partial charge in [-0.25, -0.2) is 0 Å². The maximum Gasteiger partial charge on any atom is 0.305 e. The number of nitrogens with two attached hydrogens (primary N) is 1. The van der Waals surface area contributed by atoms with Crippen LogP contribution in [0.15, 0.2) is 0 Å². The topological polar surface area (TPSA) is 142 Å². The molecule has 0 aromatic carbocycles. The van der Waals surface area contributed by atoms with Gasteiger partial charge in [0.15, 0.2) is 0 Å². The number of carboxylic acids is 1. The molecule has 2 amide bonds. The van der Waals surface area contributed by atoms with Crippen LogP contribution in [0.5, 0.6) is 0 Å². The molecule has 1 aliphatic carbocycles. The van der Waals surface area contributed by atoms with Crippen LogP contribution in [0, 0.1) is 10.8 Å². The average Bonchev–Trinajstić information content (AvgIpc) is 2.57. The zero-order valence-electron chi connectivity index (χ0n) is 16.6. The molecule has 1 fully saturated rings. The number of carbonyl (C=O) groups is 3. The summed E-state index contributed by atoms with van der Waals surface area (Å²) in [5, 5.41) is 19.5. The van der Waals surface area contributed by atoms with Gasteiger partial charge in [-0.05, 0) is 6.42 Å². The average molecular weight is 358 g/mol. The lowest BCUT2D eigenvalue weighted by Gasteiger charge is -2.61. The second kappa shape index (κ2) is 7.70. The molecule has 1 rings (SSSR count). The summed E-state index contributed by atoms with van der Waals surface area (Å²) in [6.07, 6.45) is 0.0694. The van der Waals surface area contributed by atoms with Crippen molar-refractivity contribution in [3.8, 4) is 0 Å². The Balaban J connectivity index is 2.76. The number of rotatable bonds is 8. The van der Waals surface area contributed by atoms with Crippen LogP contribution in [-0.2, 0) is 14.4 Å². The molecule has 0 heterocycles. The van der Waals surface area contributed by atoms with Crippen LogP contribution in [0.2, 0.25) is 0 Å². The number of nitrogens with one attached hydrogen (secondary N) is 2. The second-order valence-corrected chi connectivity index (χ2v) is 8.02. The monoisotopic (exact) mass is 358 g/mol. The maximum absolute atomic E-state index is 12.7. The number of aliphatic hydroxyl groups is 1. The van der Waals surface area contributed by atoms with Crippen LogP contribution >= 0.6 is 0 Å². The molecule has 0 aliphatic heterocycles. The van der Waals surface area contributed by atoms with Gasteiger partial charge in [-0.2, -0.15) is 0 Å². The molecular weight excluding hydrogens is 326 g/mol. The summed E-state index contributed by atoms with van der Waals surface area (Å²) in [5.41, 5.74) is 4.66. The number of hydrogen-bond donors (Lipinski definition) is 5. The molecular formula is C17H31N3O5. The summed E-state index contributed by atoms with van der Waals surface area (Å²) in [4.78, 5) is 35.9. The summed E-state index contributed by atoms with van der Waals surface area (Å²) < 4.78 is 6.49. The third kappa shape index (κ3) is 4.49. The normalized spacial score (nSPS) is 26.4. The van der Waals surface area contributed by atoms with E-state index in [1.54, 1.807) is 0 Å². The van der Waals surface area contributed by atoms with E-state index in [0.717, 1.165) is 0 Å². The molecule has 0 unspecified atom stereocenters. The molecule has 25 heavy (non-hydrogen) atoms. The number of amides is 2. The van der Waals surface area contributed by atoms with E-state index in [4.69, 9.17) is 7.16 Å². The van der Waals surface area contributed by atoms with Gasteiger partial charge in [-0.3, -0.25) is 14.4 Å². The van der Waals surface area contributed by atoms with Gasteiger partial charge in [0.05, 0.1) is 18.6 Å². The zero-order chi connectivity index (χ0) is 20.3. The highest BCUT2D eigenvalue weighted by molar-refractivity contribution is 5.91. The van der Waals surface area contributed by atoms with Gasteiger partial charge in [0.2, 0.25) is 11.8 Å². The van der Waals surface area contributed by atoms with Crippen molar-refractivity contribution in [2.75, 3.05) is 0 Å². The van der Waals surface area contributed by atoms with Crippen molar-refractivity contribution in [1.82, 2.24) is 10.6 Å². The molecule has 0 radical (unpaired) electrons. The second-order valence-electron chi connectivity index (χ2n) is 8.02. The van der Waals surface area contributed by atoms with E-state index in [2.05, 4.69) is 15.7 Å². The van der Waals surface area contributed by atoms with Gasteiger partial charge in [-0.1, -0.05) is 41.0 Å². The summed E-state index contributed by atoms with van der Waals surface area (Å²) >= 11 is 0. The predicted octanol–water partition coefficient (Wildman–Crippen LogP) is -0.0150. The van der Waals surface area contributed by atoms with Crippen LogP contribution in [0.1, 0.15) is 53.9 Å². The SMILES string of the molecule is [2H]OC(=O)C[C@H](N)C(=O)N[C@@H](CCC)C(=O)NC1C(C)(C)C(O)C1(C)C. The molecule has 0 saturated heterocycles. The molecule has 1 saturated carbocycles. The standard InChI is InChI=1S/C17H31N3O5/c1-6-7-10(19-12(23)9(18)8-11(21)22)13(24)20-14-16(2,3)15(25)17(14,4)5/h9-10,14-15,25H,6-8,18H2,1-5H3,(H,19,23)(H,20,24)(H,21,22)/t9-,10-,14?,15?/m0/s1/i/hD. The number of hydrogen-bond acceptors (Lipinski definition) is 6. The van der Waals surface area contributed by atoms with E-state index in [0.29, 0.717) is 12.8 Å². The van der Waals surface area contributed by atoms with Crippen molar-refractivity contribution in [3.05, 3.63) is 0 Å². The minimum absolute atomic E-state index is 0.249. The molecule has 0 aromatic rings. The first kappa shape index (κ1) is 19.7. The van der Waals surface area contributed by atoms with Gasteiger partial charge >= 0.3 is 5.97 Å². The predicted molar refractivity (Wildman–Crippen MR) is 92.6 cm³/mol. The van der Waals surface area contributed by atoms with E-state index in [1.807, 2.05) is 34.6 Å². The fraction of sp³-hybridized carbons (Fsp3) is 0.824. The summed E-state index contributed by atoms with van der Waals surface area (Å²) in [7, 11) is 0. The van der Waals surface area contributed by atoms with Crippen molar-refractivity contribution >= 4 is 17.8 Å². The lowest BCUT2D eigenvalue weighted by Crippen LogP contribution is -2.74. The van der Waals surface area contributed by atoms with Crippen LogP contribution in [0.3, 0.4) is 0 Å². The Morgan fingerprint density at radius 2 is 1.76 bits per heavy atom.